The number of H-pyrrole nitrogens is 1. The van der Waals surface area contributed by atoms with Crippen LogP contribution < -0.4 is 5.73 Å². The molecular formula is C20H27N7O4. The van der Waals surface area contributed by atoms with Crippen molar-refractivity contribution in [2.45, 2.75) is 63.1 Å². The van der Waals surface area contributed by atoms with Gasteiger partial charge in [-0.1, -0.05) is 32.1 Å². The van der Waals surface area contributed by atoms with Crippen LogP contribution in [0.5, 0.6) is 0 Å². The van der Waals surface area contributed by atoms with Crippen molar-refractivity contribution in [1.29, 1.82) is 0 Å². The van der Waals surface area contributed by atoms with Crippen molar-refractivity contribution in [2.75, 3.05) is 12.3 Å². The molecule has 1 aliphatic carbocycles. The molecule has 0 aromatic carbocycles. The number of rotatable bonds is 5. The minimum atomic E-state index is -1.25. The smallest absolute Gasteiger partial charge is 0.168 e. The minimum Gasteiger partial charge on any atom is -0.394 e. The van der Waals surface area contributed by atoms with E-state index in [2.05, 4.69) is 25.1 Å². The van der Waals surface area contributed by atoms with Gasteiger partial charge in [0.25, 0.3) is 0 Å². The summed E-state index contributed by atoms with van der Waals surface area (Å²) < 4.78 is 7.15. The number of ether oxygens (including phenoxy) is 1. The zero-order valence-electron chi connectivity index (χ0n) is 17.1. The van der Waals surface area contributed by atoms with Crippen molar-refractivity contribution >= 4 is 17.0 Å². The van der Waals surface area contributed by atoms with E-state index in [1.165, 1.54) is 43.0 Å². The molecule has 1 aliphatic heterocycles. The first kappa shape index (κ1) is 20.3. The van der Waals surface area contributed by atoms with Crippen LogP contribution in [0.2, 0.25) is 0 Å². The molecule has 0 bridgehead atoms. The number of nitrogens with one attached hydrogen (secondary N) is 1. The van der Waals surface area contributed by atoms with Gasteiger partial charge in [0.2, 0.25) is 0 Å². The molecule has 3 aromatic rings. The Morgan fingerprint density at radius 2 is 1.97 bits per heavy atom. The van der Waals surface area contributed by atoms with E-state index in [1.54, 1.807) is 6.20 Å². The van der Waals surface area contributed by atoms with Crippen LogP contribution in [0.4, 0.5) is 5.82 Å². The normalized spacial score (nSPS) is 27.3. The Kier molecular flexibility index (Phi) is 5.34. The number of hydrogen-bond donors (Lipinski definition) is 5. The number of aromatic amines is 1. The van der Waals surface area contributed by atoms with Crippen molar-refractivity contribution in [3.8, 4) is 11.4 Å². The van der Waals surface area contributed by atoms with Crippen LogP contribution in [0, 0.1) is 5.92 Å². The summed E-state index contributed by atoms with van der Waals surface area (Å²) in [4.78, 5) is 13.4. The SMILES string of the molecule is Nc1nc(-c2cn[nH]c2CC2CCCCC2)nc2c1ncn2[C@@H]1O[C@H](CO)[C@@H](O)[C@H]1O. The lowest BCUT2D eigenvalue weighted by atomic mass is 9.85. The standard InChI is InChI=1S/C20H27N7O4/c21-17-14-19(27(9-22-14)20-16(30)15(29)13(8-28)31-20)25-18(24-17)11-7-23-26-12(11)6-10-4-2-1-3-5-10/h7,9-10,13,15-16,20,28-30H,1-6,8H2,(H,23,26)(H2,21,24,25)/t13-,15-,16-,20-/m1/s1. The van der Waals surface area contributed by atoms with Crippen LogP contribution in [0.1, 0.15) is 44.0 Å². The van der Waals surface area contributed by atoms with Gasteiger partial charge in [0.15, 0.2) is 23.5 Å². The minimum absolute atomic E-state index is 0.204. The van der Waals surface area contributed by atoms with Crippen LogP contribution in [0.25, 0.3) is 22.6 Å². The van der Waals surface area contributed by atoms with E-state index in [0.29, 0.717) is 22.9 Å². The van der Waals surface area contributed by atoms with E-state index in [-0.39, 0.29) is 5.82 Å². The fourth-order valence-electron chi connectivity index (χ4n) is 4.70. The van der Waals surface area contributed by atoms with Crippen LogP contribution in [-0.2, 0) is 11.2 Å². The topological polar surface area (TPSA) is 168 Å². The van der Waals surface area contributed by atoms with Gasteiger partial charge in [0.05, 0.1) is 24.7 Å². The second-order valence-corrected chi connectivity index (χ2v) is 8.46. The maximum Gasteiger partial charge on any atom is 0.168 e. The third kappa shape index (κ3) is 3.57. The van der Waals surface area contributed by atoms with Gasteiger partial charge in [-0.2, -0.15) is 5.10 Å². The molecule has 0 radical (unpaired) electrons. The van der Waals surface area contributed by atoms with Gasteiger partial charge in [-0.3, -0.25) is 9.67 Å². The molecule has 4 atom stereocenters. The first-order valence-corrected chi connectivity index (χ1v) is 10.7. The summed E-state index contributed by atoms with van der Waals surface area (Å²) in [5, 5.41) is 37.2. The summed E-state index contributed by atoms with van der Waals surface area (Å²) in [6, 6.07) is 0. The number of aromatic nitrogens is 6. The van der Waals surface area contributed by atoms with Crippen LogP contribution in [0.3, 0.4) is 0 Å². The van der Waals surface area contributed by atoms with Gasteiger partial charge in [0.1, 0.15) is 23.8 Å². The molecule has 0 spiro atoms. The Morgan fingerprint density at radius 3 is 2.71 bits per heavy atom. The average molecular weight is 429 g/mol. The number of anilines is 1. The van der Waals surface area contributed by atoms with Gasteiger partial charge in [0, 0.05) is 5.69 Å². The first-order chi connectivity index (χ1) is 15.1. The molecule has 4 heterocycles. The molecule has 1 saturated carbocycles. The van der Waals surface area contributed by atoms with Crippen molar-refractivity contribution in [2.24, 2.45) is 5.92 Å². The molecule has 2 aliphatic rings. The number of nitrogen functional groups attached to an aromatic ring is 1. The largest absolute Gasteiger partial charge is 0.394 e. The second kappa shape index (κ2) is 8.15. The number of fused-ring (bicyclic) bond motifs is 1. The lowest BCUT2D eigenvalue weighted by molar-refractivity contribution is -0.0511. The van der Waals surface area contributed by atoms with Crippen molar-refractivity contribution < 1.29 is 20.1 Å². The number of nitrogens with two attached hydrogens (primary N) is 1. The van der Waals surface area contributed by atoms with Gasteiger partial charge in [-0.05, 0) is 12.3 Å². The molecule has 5 rings (SSSR count). The summed E-state index contributed by atoms with van der Waals surface area (Å²) >= 11 is 0. The summed E-state index contributed by atoms with van der Waals surface area (Å²) in [7, 11) is 0. The molecule has 0 unspecified atom stereocenters. The maximum absolute atomic E-state index is 10.4. The highest BCUT2D eigenvalue weighted by Crippen LogP contribution is 2.34. The molecule has 6 N–H and O–H groups in total. The second-order valence-electron chi connectivity index (χ2n) is 8.46. The van der Waals surface area contributed by atoms with Crippen LogP contribution in [0.15, 0.2) is 12.5 Å². The average Bonchev–Trinajstić information content (AvgIpc) is 3.48. The fourth-order valence-corrected chi connectivity index (χ4v) is 4.70. The highest BCUT2D eigenvalue weighted by Gasteiger charge is 2.44. The Morgan fingerprint density at radius 1 is 1.16 bits per heavy atom. The van der Waals surface area contributed by atoms with E-state index < -0.39 is 31.1 Å². The Hall–Kier alpha value is -2.60. The molecule has 11 heteroatoms. The van der Waals surface area contributed by atoms with Crippen LogP contribution >= 0.6 is 0 Å². The van der Waals surface area contributed by atoms with Gasteiger partial charge >= 0.3 is 0 Å². The number of aliphatic hydroxyl groups is 3. The Balaban J connectivity index is 1.51. The van der Waals surface area contributed by atoms with E-state index in [1.807, 2.05) is 0 Å². The van der Waals surface area contributed by atoms with E-state index in [0.717, 1.165) is 17.7 Å². The van der Waals surface area contributed by atoms with Crippen LogP contribution in [-0.4, -0.2) is 70.0 Å². The molecular weight excluding hydrogens is 402 g/mol. The lowest BCUT2D eigenvalue weighted by Crippen LogP contribution is -2.33. The summed E-state index contributed by atoms with van der Waals surface area (Å²) in [6.07, 6.45) is 5.93. The van der Waals surface area contributed by atoms with Crippen molar-refractivity contribution in [3.05, 3.63) is 18.2 Å². The van der Waals surface area contributed by atoms with E-state index in [9.17, 15) is 15.3 Å². The zero-order chi connectivity index (χ0) is 21.5. The first-order valence-electron chi connectivity index (χ1n) is 10.7. The highest BCUT2D eigenvalue weighted by molar-refractivity contribution is 5.84. The molecule has 1 saturated heterocycles. The molecule has 3 aromatic heterocycles. The van der Waals surface area contributed by atoms with Gasteiger partial charge < -0.3 is 25.8 Å². The number of imidazole rings is 1. The van der Waals surface area contributed by atoms with E-state index >= 15 is 0 Å². The molecule has 166 valence electrons. The predicted molar refractivity (Wildman–Crippen MR) is 111 cm³/mol. The molecule has 2 fully saturated rings. The number of hydrogen-bond acceptors (Lipinski definition) is 9. The maximum atomic E-state index is 10.4. The number of nitrogens with zero attached hydrogens (tertiary/aromatic N) is 5. The quantitative estimate of drug-likeness (QED) is 0.388. The Labute approximate surface area is 178 Å². The summed E-state index contributed by atoms with van der Waals surface area (Å²) in [6.45, 7) is -0.413. The molecule has 11 nitrogen and oxygen atoms in total. The van der Waals surface area contributed by atoms with Gasteiger partial charge in [-0.25, -0.2) is 15.0 Å². The Bertz CT molecular complexity index is 1060. The fraction of sp³-hybridized carbons (Fsp3) is 0.600. The third-order valence-electron chi connectivity index (χ3n) is 6.42. The number of aliphatic hydroxyl groups excluding tert-OH is 3. The van der Waals surface area contributed by atoms with Crippen molar-refractivity contribution in [3.63, 3.8) is 0 Å². The van der Waals surface area contributed by atoms with Crippen molar-refractivity contribution in [1.82, 2.24) is 29.7 Å². The van der Waals surface area contributed by atoms with E-state index in [4.69, 9.17) is 10.5 Å². The summed E-state index contributed by atoms with van der Waals surface area (Å²) in [5.41, 5.74) is 8.69. The monoisotopic (exact) mass is 429 g/mol. The highest BCUT2D eigenvalue weighted by atomic mass is 16.6. The predicted octanol–water partition coefficient (Wildman–Crippen LogP) is 0.533. The van der Waals surface area contributed by atoms with Gasteiger partial charge in [-0.15, -0.1) is 0 Å². The lowest BCUT2D eigenvalue weighted by Gasteiger charge is -2.21. The zero-order valence-corrected chi connectivity index (χ0v) is 17.1. The molecule has 0 amide bonds. The summed E-state index contributed by atoms with van der Waals surface area (Å²) in [5.74, 6) is 1.23. The molecule has 31 heavy (non-hydrogen) atoms. The third-order valence-corrected chi connectivity index (χ3v) is 6.42.